The van der Waals surface area contributed by atoms with Crippen LogP contribution in [-0.2, 0) is 21.7 Å². The van der Waals surface area contributed by atoms with Crippen molar-refractivity contribution in [2.24, 2.45) is 0 Å². The average Bonchev–Trinajstić information content (AvgIpc) is 2.15. The van der Waals surface area contributed by atoms with Crippen LogP contribution in [0.1, 0.15) is 74.1 Å². The molecule has 3 N–H and O–H groups in total. The van der Waals surface area contributed by atoms with Gasteiger partial charge in [0.2, 0.25) is 0 Å². The third kappa shape index (κ3) is 310. The van der Waals surface area contributed by atoms with Gasteiger partial charge in [-0.25, -0.2) is 0 Å². The summed E-state index contributed by atoms with van der Waals surface area (Å²) in [7, 11) is 0. The monoisotopic (exact) mass is 323 g/mol. The second kappa shape index (κ2) is 31.5. The van der Waals surface area contributed by atoms with E-state index in [0.717, 1.165) is 12.8 Å². The van der Waals surface area contributed by atoms with Crippen molar-refractivity contribution in [3.63, 3.8) is 0 Å². The van der Waals surface area contributed by atoms with Crippen LogP contribution in [0.25, 0.3) is 0 Å². The van der Waals surface area contributed by atoms with Gasteiger partial charge < -0.3 is 27.7 Å². The number of aliphatic hydroxyl groups is 3. The van der Waals surface area contributed by atoms with Gasteiger partial charge in [0, 0.05) is 40.0 Å². The predicted octanol–water partition coefficient (Wildman–Crippen LogP) is 3.32. The summed E-state index contributed by atoms with van der Waals surface area (Å²) in [6.45, 7) is 12.5. The van der Waals surface area contributed by atoms with E-state index in [9.17, 15) is 0 Å². The van der Waals surface area contributed by atoms with E-state index in [1.807, 2.05) is 0 Å². The van der Waals surface area contributed by atoms with Crippen molar-refractivity contribution < 1.29 is 37.0 Å². The molecule has 0 bridgehead atoms. The first kappa shape index (κ1) is 32.2. The Kier molecular flexibility index (Phi) is 50.7. The van der Waals surface area contributed by atoms with Crippen LogP contribution in [0.4, 0.5) is 0 Å². The predicted molar refractivity (Wildman–Crippen MR) is 83.3 cm³/mol. The summed E-state index contributed by atoms with van der Waals surface area (Å²) in [4.78, 5) is 0. The van der Waals surface area contributed by atoms with Crippen molar-refractivity contribution >= 4 is 0 Å². The normalized spacial score (nSPS) is 8.20. The van der Waals surface area contributed by atoms with Gasteiger partial charge >= 0.3 is 0 Å². The van der Waals surface area contributed by atoms with Gasteiger partial charge in [-0.1, -0.05) is 19.8 Å². The van der Waals surface area contributed by atoms with E-state index in [-0.39, 0.29) is 40.0 Å². The molecule has 0 fully saturated rings. The molecule has 0 aromatic heterocycles. The Balaban J connectivity index is -0.0000000512. The molecule has 0 saturated heterocycles. The van der Waals surface area contributed by atoms with Crippen molar-refractivity contribution in [1.82, 2.24) is 0 Å². The summed E-state index contributed by atoms with van der Waals surface area (Å²) in [5.74, 6) is 2.35. The van der Waals surface area contributed by atoms with Crippen molar-refractivity contribution in [3.8, 4) is 5.92 Å². The molecule has 0 radical (unpaired) electrons. The number of rotatable bonds is 3. The molecule has 0 spiro atoms. The third-order valence-electron chi connectivity index (χ3n) is 0.905. The standard InChI is InChI=1S/C7H11.3C3H8O.Ti/c1-3-5-7-6-4-2;3*1-3(2)4;/h3,5-7H2,1H3;3*3-4H,1-2H3;/q-1;;;;. The van der Waals surface area contributed by atoms with Crippen LogP contribution in [0.2, 0.25) is 0 Å². The fraction of sp³-hybridized carbons (Fsp3) is 0.875. The molecule has 122 valence electrons. The Labute approximate surface area is 142 Å². The van der Waals surface area contributed by atoms with Gasteiger partial charge in [0.25, 0.3) is 0 Å². The maximum absolute atomic E-state index is 8.06. The first-order chi connectivity index (χ1) is 8.61. The molecule has 0 rings (SSSR count). The molecule has 0 amide bonds. The molecule has 0 saturated carbocycles. The second-order valence-electron chi connectivity index (χ2n) is 4.92. The maximum Gasteiger partial charge on any atom is 0.0483 e. The summed E-state index contributed by atoms with van der Waals surface area (Å²) in [6.07, 6.45) is 10.5. The smallest absolute Gasteiger partial charge is 0.0483 e. The summed E-state index contributed by atoms with van der Waals surface area (Å²) in [6, 6.07) is 0. The van der Waals surface area contributed by atoms with Crippen molar-refractivity contribution in [3.05, 3.63) is 6.42 Å². The van der Waals surface area contributed by atoms with E-state index in [1.54, 1.807) is 41.5 Å². The fourth-order valence-electron chi connectivity index (χ4n) is 0.463. The van der Waals surface area contributed by atoms with Gasteiger partial charge in [-0.2, -0.15) is 0 Å². The Morgan fingerprint density at radius 3 is 1.20 bits per heavy atom. The zero-order chi connectivity index (χ0) is 16.3. The van der Waals surface area contributed by atoms with Crippen molar-refractivity contribution in [2.45, 2.75) is 92.5 Å². The topological polar surface area (TPSA) is 60.7 Å². The van der Waals surface area contributed by atoms with Gasteiger partial charge in [-0.15, -0.1) is 0 Å². The van der Waals surface area contributed by atoms with E-state index in [1.165, 1.54) is 12.8 Å². The van der Waals surface area contributed by atoms with Gasteiger partial charge in [-0.05, 0) is 54.4 Å². The Hall–Kier alpha value is 0.154. The van der Waals surface area contributed by atoms with E-state index in [2.05, 4.69) is 12.8 Å². The van der Waals surface area contributed by atoms with Crippen LogP contribution in [0.15, 0.2) is 0 Å². The molecular formula is C16H35O3Ti-. The first-order valence-corrected chi connectivity index (χ1v) is 7.05. The fourth-order valence-corrected chi connectivity index (χ4v) is 0.463. The summed E-state index contributed by atoms with van der Waals surface area (Å²) in [5, 5.41) is 24.2. The molecule has 0 aliphatic carbocycles. The van der Waals surface area contributed by atoms with Crippen LogP contribution in [0, 0.1) is 12.3 Å². The zero-order valence-corrected chi connectivity index (χ0v) is 16.0. The molecule has 4 heteroatoms. The zero-order valence-electron chi connectivity index (χ0n) is 14.4. The Morgan fingerprint density at radius 2 is 1.05 bits per heavy atom. The van der Waals surface area contributed by atoms with Crippen molar-refractivity contribution in [2.75, 3.05) is 0 Å². The molecule has 0 aliphatic rings. The minimum atomic E-state index is -0.167. The van der Waals surface area contributed by atoms with Crippen molar-refractivity contribution in [1.29, 1.82) is 0 Å². The SMILES string of the molecule is CC(C)O.CC(C)O.CC(C)O.[C-]#CCCCCC.[Ti]. The minimum absolute atomic E-state index is 0. The van der Waals surface area contributed by atoms with Crippen LogP contribution in [0.3, 0.4) is 0 Å². The molecule has 20 heavy (non-hydrogen) atoms. The minimum Gasteiger partial charge on any atom is -0.694 e. The third-order valence-corrected chi connectivity index (χ3v) is 0.905. The van der Waals surface area contributed by atoms with E-state index in [4.69, 9.17) is 21.7 Å². The molecule has 3 nitrogen and oxygen atoms in total. The van der Waals surface area contributed by atoms with Crippen LogP contribution in [-0.4, -0.2) is 33.6 Å². The number of hydrogen-bond donors (Lipinski definition) is 3. The van der Waals surface area contributed by atoms with Crippen LogP contribution < -0.4 is 0 Å². The largest absolute Gasteiger partial charge is 0.694 e. The quantitative estimate of drug-likeness (QED) is 0.323. The van der Waals surface area contributed by atoms with E-state index in [0.29, 0.717) is 0 Å². The molecule has 0 heterocycles. The first-order valence-electron chi connectivity index (χ1n) is 7.05. The van der Waals surface area contributed by atoms with Crippen LogP contribution in [0.5, 0.6) is 0 Å². The Bertz CT molecular complexity index is 141. The summed E-state index contributed by atoms with van der Waals surface area (Å²) < 4.78 is 0. The van der Waals surface area contributed by atoms with Gasteiger partial charge in [0.15, 0.2) is 0 Å². The Morgan fingerprint density at radius 1 is 0.800 bits per heavy atom. The summed E-state index contributed by atoms with van der Waals surface area (Å²) >= 11 is 0. The molecule has 0 aliphatic heterocycles. The maximum atomic E-state index is 8.06. The molecule has 0 atom stereocenters. The van der Waals surface area contributed by atoms with E-state index < -0.39 is 0 Å². The second-order valence-corrected chi connectivity index (χ2v) is 4.92. The van der Waals surface area contributed by atoms with Gasteiger partial charge in [-0.3, -0.25) is 0 Å². The van der Waals surface area contributed by atoms with Gasteiger partial charge in [0.05, 0.1) is 0 Å². The average molecular weight is 323 g/mol. The number of hydrogen-bond acceptors (Lipinski definition) is 3. The summed E-state index contributed by atoms with van der Waals surface area (Å²) in [5.41, 5.74) is 0. The number of unbranched alkanes of at least 4 members (excludes halogenated alkanes) is 3. The molecular weight excluding hydrogens is 288 g/mol. The molecule has 0 unspecified atom stereocenters. The number of aliphatic hydroxyl groups excluding tert-OH is 3. The molecule has 0 aromatic carbocycles. The molecule has 0 aromatic rings. The van der Waals surface area contributed by atoms with Crippen LogP contribution >= 0.6 is 0 Å². The van der Waals surface area contributed by atoms with Gasteiger partial charge in [0.1, 0.15) is 0 Å². The van der Waals surface area contributed by atoms with E-state index >= 15 is 0 Å².